The quantitative estimate of drug-likeness (QED) is 0.645. The van der Waals surface area contributed by atoms with Gasteiger partial charge in [0.15, 0.2) is 0 Å². The number of methoxy groups -OCH3 is 1. The molecule has 3 rings (SSSR count). The first kappa shape index (κ1) is 17.3. The average molecular weight is 376 g/mol. The van der Waals surface area contributed by atoms with E-state index in [0.717, 1.165) is 0 Å². The normalized spacial score (nSPS) is 10.6. The van der Waals surface area contributed by atoms with E-state index < -0.39 is 0 Å². The zero-order valence-corrected chi connectivity index (χ0v) is 14.8. The number of aryl methyl sites for hydroxylation is 1. The monoisotopic (exact) mass is 375 g/mol. The number of nitriles is 1. The van der Waals surface area contributed by atoms with E-state index in [2.05, 4.69) is 16.4 Å². The first-order valence-electron chi connectivity index (χ1n) is 7.23. The predicted molar refractivity (Wildman–Crippen MR) is 97.4 cm³/mol. The molecule has 0 atom stereocenters. The van der Waals surface area contributed by atoms with Crippen molar-refractivity contribution < 1.29 is 9.13 Å². The van der Waals surface area contributed by atoms with Crippen LogP contribution in [0.3, 0.4) is 0 Å². The highest BCUT2D eigenvalue weighted by Gasteiger charge is 2.14. The highest BCUT2D eigenvalue weighted by Crippen LogP contribution is 2.38. The Morgan fingerprint density at radius 2 is 1.96 bits per heavy atom. The maximum absolute atomic E-state index is 13.8. The SMILES string of the molecule is COc1cc(Nc2c(C#N)cnc3cc(F)c(C)cc23)c(Cl)cc1Cl. The van der Waals surface area contributed by atoms with Gasteiger partial charge in [0.05, 0.1) is 39.6 Å². The fourth-order valence-electron chi connectivity index (χ4n) is 2.46. The number of hydrogen-bond acceptors (Lipinski definition) is 4. The van der Waals surface area contributed by atoms with E-state index in [-0.39, 0.29) is 5.82 Å². The fourth-order valence-corrected chi connectivity index (χ4v) is 2.96. The van der Waals surface area contributed by atoms with E-state index in [1.54, 1.807) is 25.1 Å². The molecule has 0 saturated heterocycles. The van der Waals surface area contributed by atoms with Crippen LogP contribution >= 0.6 is 23.2 Å². The second-order valence-electron chi connectivity index (χ2n) is 5.37. The van der Waals surface area contributed by atoms with E-state index >= 15 is 0 Å². The minimum atomic E-state index is -0.359. The molecule has 0 spiro atoms. The summed E-state index contributed by atoms with van der Waals surface area (Å²) in [6, 6.07) is 8.24. The topological polar surface area (TPSA) is 57.9 Å². The van der Waals surface area contributed by atoms with Crippen LogP contribution in [0.5, 0.6) is 5.75 Å². The van der Waals surface area contributed by atoms with Gasteiger partial charge in [-0.15, -0.1) is 0 Å². The number of halogens is 3. The molecule has 126 valence electrons. The van der Waals surface area contributed by atoms with Gasteiger partial charge in [-0.05, 0) is 24.6 Å². The summed E-state index contributed by atoms with van der Waals surface area (Å²) in [5, 5.41) is 13.9. The minimum absolute atomic E-state index is 0.309. The molecular formula is C18H12Cl2FN3O. The van der Waals surface area contributed by atoms with Crippen LogP contribution in [0.2, 0.25) is 10.0 Å². The van der Waals surface area contributed by atoms with Gasteiger partial charge in [0.2, 0.25) is 0 Å². The molecule has 1 heterocycles. The lowest BCUT2D eigenvalue weighted by Gasteiger charge is -2.15. The Morgan fingerprint density at radius 3 is 2.64 bits per heavy atom. The van der Waals surface area contributed by atoms with Crippen LogP contribution in [-0.4, -0.2) is 12.1 Å². The van der Waals surface area contributed by atoms with Gasteiger partial charge in [0.25, 0.3) is 0 Å². The Bertz CT molecular complexity index is 1030. The summed E-state index contributed by atoms with van der Waals surface area (Å²) in [6.07, 6.45) is 1.39. The molecule has 0 fully saturated rings. The third-order valence-corrected chi connectivity index (χ3v) is 4.38. The van der Waals surface area contributed by atoms with Gasteiger partial charge in [-0.25, -0.2) is 4.39 Å². The zero-order valence-electron chi connectivity index (χ0n) is 13.3. The summed E-state index contributed by atoms with van der Waals surface area (Å²) in [6.45, 7) is 1.65. The fraction of sp³-hybridized carbons (Fsp3) is 0.111. The Labute approximate surface area is 153 Å². The van der Waals surface area contributed by atoms with Crippen LogP contribution in [0.1, 0.15) is 11.1 Å². The molecule has 0 radical (unpaired) electrons. The van der Waals surface area contributed by atoms with E-state index in [0.29, 0.717) is 49.2 Å². The highest BCUT2D eigenvalue weighted by atomic mass is 35.5. The summed E-state index contributed by atoms with van der Waals surface area (Å²) in [4.78, 5) is 4.15. The molecule has 1 N–H and O–H groups in total. The molecule has 2 aromatic carbocycles. The molecule has 0 aliphatic carbocycles. The van der Waals surface area contributed by atoms with E-state index in [1.165, 1.54) is 19.4 Å². The Morgan fingerprint density at radius 1 is 1.20 bits per heavy atom. The second kappa shape index (κ2) is 6.75. The van der Waals surface area contributed by atoms with Crippen molar-refractivity contribution in [3.8, 4) is 11.8 Å². The van der Waals surface area contributed by atoms with E-state index in [1.807, 2.05) is 0 Å². The molecule has 7 heteroatoms. The first-order chi connectivity index (χ1) is 11.9. The molecule has 3 aromatic rings. The minimum Gasteiger partial charge on any atom is -0.495 e. The molecule has 0 amide bonds. The summed E-state index contributed by atoms with van der Waals surface area (Å²) < 4.78 is 19.0. The number of fused-ring (bicyclic) bond motifs is 1. The van der Waals surface area contributed by atoms with Crippen molar-refractivity contribution in [2.75, 3.05) is 12.4 Å². The highest BCUT2D eigenvalue weighted by molar-refractivity contribution is 6.37. The summed E-state index contributed by atoms with van der Waals surface area (Å²) in [5.74, 6) is 0.0783. The molecule has 0 saturated carbocycles. The predicted octanol–water partition coefficient (Wildman–Crippen LogP) is 5.61. The molecule has 4 nitrogen and oxygen atoms in total. The summed E-state index contributed by atoms with van der Waals surface area (Å²) in [7, 11) is 1.49. The number of benzene rings is 2. The van der Waals surface area contributed by atoms with Crippen molar-refractivity contribution in [1.29, 1.82) is 5.26 Å². The number of anilines is 2. The molecule has 0 aliphatic rings. The van der Waals surface area contributed by atoms with Crippen LogP contribution in [0.4, 0.5) is 15.8 Å². The average Bonchev–Trinajstić information content (AvgIpc) is 2.58. The van der Waals surface area contributed by atoms with Crippen molar-refractivity contribution in [3.63, 3.8) is 0 Å². The number of aromatic nitrogens is 1. The lowest BCUT2D eigenvalue weighted by Crippen LogP contribution is -1.99. The summed E-state index contributed by atoms with van der Waals surface area (Å²) >= 11 is 12.3. The van der Waals surface area contributed by atoms with Crippen molar-refractivity contribution in [2.45, 2.75) is 6.92 Å². The summed E-state index contributed by atoms with van der Waals surface area (Å²) in [5.41, 5.74) is 2.19. The van der Waals surface area contributed by atoms with Crippen molar-refractivity contribution >= 4 is 45.5 Å². The van der Waals surface area contributed by atoms with Crippen LogP contribution in [0, 0.1) is 24.1 Å². The van der Waals surface area contributed by atoms with Crippen LogP contribution < -0.4 is 10.1 Å². The Balaban J connectivity index is 2.22. The van der Waals surface area contributed by atoms with E-state index in [4.69, 9.17) is 27.9 Å². The largest absolute Gasteiger partial charge is 0.495 e. The number of nitrogens with one attached hydrogen (secondary N) is 1. The van der Waals surface area contributed by atoms with E-state index in [9.17, 15) is 9.65 Å². The van der Waals surface area contributed by atoms with Gasteiger partial charge >= 0.3 is 0 Å². The first-order valence-corrected chi connectivity index (χ1v) is 7.99. The number of ether oxygens (including phenoxy) is 1. The third-order valence-electron chi connectivity index (χ3n) is 3.77. The standard InChI is InChI=1S/C18H12Cl2FN3O/c1-9-3-11-15(5-14(9)21)23-8-10(7-22)18(11)24-16-6-17(25-2)13(20)4-12(16)19/h3-6,8H,1-2H3,(H,23,24). The van der Waals surface area contributed by atoms with Crippen LogP contribution in [0.25, 0.3) is 10.9 Å². The Hall–Kier alpha value is -2.55. The molecule has 0 unspecified atom stereocenters. The molecular weight excluding hydrogens is 364 g/mol. The lowest BCUT2D eigenvalue weighted by molar-refractivity contribution is 0.415. The number of hydrogen-bond donors (Lipinski definition) is 1. The van der Waals surface area contributed by atoms with Crippen molar-refractivity contribution in [3.05, 3.63) is 57.5 Å². The maximum atomic E-state index is 13.8. The van der Waals surface area contributed by atoms with Crippen LogP contribution in [-0.2, 0) is 0 Å². The van der Waals surface area contributed by atoms with Gasteiger partial charge in [-0.1, -0.05) is 23.2 Å². The maximum Gasteiger partial charge on any atom is 0.139 e. The second-order valence-corrected chi connectivity index (χ2v) is 6.18. The van der Waals surface area contributed by atoms with Gasteiger partial charge in [0, 0.05) is 23.7 Å². The third kappa shape index (κ3) is 3.19. The van der Waals surface area contributed by atoms with Crippen molar-refractivity contribution in [2.24, 2.45) is 0 Å². The lowest BCUT2D eigenvalue weighted by atomic mass is 10.1. The smallest absolute Gasteiger partial charge is 0.139 e. The molecule has 1 aromatic heterocycles. The van der Waals surface area contributed by atoms with Gasteiger partial charge in [0.1, 0.15) is 17.6 Å². The number of pyridine rings is 1. The van der Waals surface area contributed by atoms with Gasteiger partial charge in [-0.3, -0.25) is 4.98 Å². The van der Waals surface area contributed by atoms with Gasteiger partial charge in [-0.2, -0.15) is 5.26 Å². The number of rotatable bonds is 3. The van der Waals surface area contributed by atoms with Gasteiger partial charge < -0.3 is 10.1 Å². The zero-order chi connectivity index (χ0) is 18.1. The molecule has 25 heavy (non-hydrogen) atoms. The van der Waals surface area contributed by atoms with Crippen LogP contribution in [0.15, 0.2) is 30.5 Å². The number of nitrogens with zero attached hydrogens (tertiary/aromatic N) is 2. The molecule has 0 aliphatic heterocycles. The van der Waals surface area contributed by atoms with Crippen molar-refractivity contribution in [1.82, 2.24) is 4.98 Å². The Kier molecular flexibility index (Phi) is 4.67. The molecule has 0 bridgehead atoms.